The summed E-state index contributed by atoms with van der Waals surface area (Å²) in [6, 6.07) is 13.3. The molecule has 1 fully saturated rings. The highest BCUT2D eigenvalue weighted by Crippen LogP contribution is 2.64. The molecule has 0 heterocycles. The van der Waals surface area contributed by atoms with Crippen molar-refractivity contribution in [3.8, 4) is 6.07 Å². The van der Waals surface area contributed by atoms with Crippen LogP contribution in [0.4, 0.5) is 0 Å². The number of hydrogen-bond donors (Lipinski definition) is 1. The summed E-state index contributed by atoms with van der Waals surface area (Å²) in [7, 11) is -4.05. The monoisotopic (exact) mass is 395 g/mol. The van der Waals surface area contributed by atoms with Crippen LogP contribution < -0.4 is 0 Å². The lowest BCUT2D eigenvalue weighted by molar-refractivity contribution is -0.141. The Morgan fingerprint density at radius 2 is 1.52 bits per heavy atom. The van der Waals surface area contributed by atoms with Gasteiger partial charge in [-0.05, 0) is 42.0 Å². The third-order valence-electron chi connectivity index (χ3n) is 4.38. The summed E-state index contributed by atoms with van der Waals surface area (Å²) in [6.45, 7) is 0. The summed E-state index contributed by atoms with van der Waals surface area (Å²) in [5.74, 6) is -2.44. The standard InChI is InChI=1S/C17H11Cl2NO4S/c18-11-3-1-10(2-4-11)14-15(17(14,9-20)16(21)22)25(23,24)13-7-5-12(19)6-8-13/h1-8,14-15H,(H,21,22)/t14-,15-,17+/m1/s1. The Morgan fingerprint density at radius 3 is 1.96 bits per heavy atom. The van der Waals surface area contributed by atoms with E-state index in [1.54, 1.807) is 18.2 Å². The number of carboxylic acid groups (broad SMARTS) is 1. The fourth-order valence-electron chi connectivity index (χ4n) is 3.09. The Hall–Kier alpha value is -2.07. The normalized spacial score (nSPS) is 25.2. The zero-order chi connectivity index (χ0) is 18.4. The van der Waals surface area contributed by atoms with Crippen molar-refractivity contribution in [2.75, 3.05) is 0 Å². The van der Waals surface area contributed by atoms with Gasteiger partial charge in [-0.3, -0.25) is 4.79 Å². The predicted octanol–water partition coefficient (Wildman–Crippen LogP) is 3.53. The van der Waals surface area contributed by atoms with Gasteiger partial charge < -0.3 is 5.11 Å². The minimum absolute atomic E-state index is 0.0701. The lowest BCUT2D eigenvalue weighted by Crippen LogP contribution is -2.22. The molecule has 128 valence electrons. The van der Waals surface area contributed by atoms with E-state index in [1.165, 1.54) is 36.4 Å². The van der Waals surface area contributed by atoms with Gasteiger partial charge >= 0.3 is 5.97 Å². The minimum atomic E-state index is -4.05. The highest BCUT2D eigenvalue weighted by atomic mass is 35.5. The molecule has 0 saturated heterocycles. The maximum atomic E-state index is 13.0. The number of sulfone groups is 1. The molecule has 1 aliphatic carbocycles. The fourth-order valence-corrected chi connectivity index (χ4v) is 5.60. The zero-order valence-electron chi connectivity index (χ0n) is 12.6. The second-order valence-electron chi connectivity index (χ2n) is 5.73. The number of hydrogen-bond acceptors (Lipinski definition) is 4. The van der Waals surface area contributed by atoms with Gasteiger partial charge in [0, 0.05) is 16.0 Å². The minimum Gasteiger partial charge on any atom is -0.480 e. The molecule has 0 bridgehead atoms. The molecule has 0 amide bonds. The largest absolute Gasteiger partial charge is 0.480 e. The van der Waals surface area contributed by atoms with Gasteiger partial charge in [0.15, 0.2) is 15.3 Å². The summed E-state index contributed by atoms with van der Waals surface area (Å²) in [4.78, 5) is 11.7. The molecule has 0 aliphatic heterocycles. The van der Waals surface area contributed by atoms with Crippen LogP contribution >= 0.6 is 23.2 Å². The molecule has 1 N–H and O–H groups in total. The number of halogens is 2. The Kier molecular flexibility index (Phi) is 4.28. The zero-order valence-corrected chi connectivity index (χ0v) is 14.9. The Bertz CT molecular complexity index is 981. The molecule has 3 rings (SSSR count). The van der Waals surface area contributed by atoms with Crippen molar-refractivity contribution in [2.45, 2.75) is 16.1 Å². The van der Waals surface area contributed by atoms with Crippen molar-refractivity contribution < 1.29 is 18.3 Å². The second-order valence-corrected chi connectivity index (χ2v) is 8.68. The van der Waals surface area contributed by atoms with Gasteiger partial charge in [-0.15, -0.1) is 0 Å². The van der Waals surface area contributed by atoms with Gasteiger partial charge in [0.1, 0.15) is 5.25 Å². The number of benzene rings is 2. The first-order valence-corrected chi connectivity index (χ1v) is 9.45. The van der Waals surface area contributed by atoms with Crippen LogP contribution in [0.25, 0.3) is 0 Å². The van der Waals surface area contributed by atoms with Crippen LogP contribution in [0.2, 0.25) is 10.0 Å². The van der Waals surface area contributed by atoms with Gasteiger partial charge in [0.2, 0.25) is 0 Å². The number of nitriles is 1. The third-order valence-corrected chi connectivity index (χ3v) is 7.12. The molecule has 0 unspecified atom stereocenters. The lowest BCUT2D eigenvalue weighted by atomic mass is 10.0. The van der Waals surface area contributed by atoms with E-state index in [9.17, 15) is 23.6 Å². The molecule has 3 atom stereocenters. The van der Waals surface area contributed by atoms with Crippen LogP contribution in [-0.4, -0.2) is 24.7 Å². The van der Waals surface area contributed by atoms with E-state index in [0.29, 0.717) is 15.6 Å². The van der Waals surface area contributed by atoms with Crippen molar-refractivity contribution in [1.29, 1.82) is 5.26 Å². The predicted molar refractivity (Wildman–Crippen MR) is 92.3 cm³/mol. The fraction of sp³-hybridized carbons (Fsp3) is 0.176. The van der Waals surface area contributed by atoms with Crippen molar-refractivity contribution in [2.24, 2.45) is 5.41 Å². The van der Waals surface area contributed by atoms with E-state index in [-0.39, 0.29) is 4.90 Å². The summed E-state index contributed by atoms with van der Waals surface area (Å²) in [5, 5.41) is 18.5. The molecular weight excluding hydrogens is 385 g/mol. The average molecular weight is 396 g/mol. The van der Waals surface area contributed by atoms with E-state index in [1.807, 2.05) is 0 Å². The molecular formula is C17H11Cl2NO4S. The molecule has 0 spiro atoms. The quantitative estimate of drug-likeness (QED) is 0.853. The van der Waals surface area contributed by atoms with E-state index < -0.39 is 32.4 Å². The summed E-state index contributed by atoms with van der Waals surface area (Å²) < 4.78 is 25.9. The number of nitrogens with zero attached hydrogens (tertiary/aromatic N) is 1. The second kappa shape index (κ2) is 6.03. The van der Waals surface area contributed by atoms with Crippen LogP contribution in [0.3, 0.4) is 0 Å². The van der Waals surface area contributed by atoms with Gasteiger partial charge in [0.25, 0.3) is 0 Å². The van der Waals surface area contributed by atoms with Gasteiger partial charge in [-0.1, -0.05) is 35.3 Å². The summed E-state index contributed by atoms with van der Waals surface area (Å²) in [5.41, 5.74) is -1.59. The van der Waals surface area contributed by atoms with Gasteiger partial charge in [-0.25, -0.2) is 8.42 Å². The molecule has 2 aromatic rings. The maximum absolute atomic E-state index is 13.0. The first-order chi connectivity index (χ1) is 11.7. The number of rotatable bonds is 4. The molecule has 1 aliphatic rings. The molecule has 8 heteroatoms. The van der Waals surface area contributed by atoms with E-state index in [4.69, 9.17) is 23.2 Å². The number of carbonyl (C=O) groups is 1. The first kappa shape index (κ1) is 17.7. The van der Waals surface area contributed by atoms with E-state index in [2.05, 4.69) is 0 Å². The van der Waals surface area contributed by atoms with Gasteiger partial charge in [-0.2, -0.15) is 5.26 Å². The maximum Gasteiger partial charge on any atom is 0.326 e. The summed E-state index contributed by atoms with van der Waals surface area (Å²) >= 11 is 11.6. The van der Waals surface area contributed by atoms with Crippen LogP contribution in [0.15, 0.2) is 53.4 Å². The Balaban J connectivity index is 2.12. The smallest absolute Gasteiger partial charge is 0.326 e. The van der Waals surface area contributed by atoms with E-state index >= 15 is 0 Å². The summed E-state index contributed by atoms with van der Waals surface area (Å²) in [6.07, 6.45) is 0. The van der Waals surface area contributed by atoms with E-state index in [0.717, 1.165) is 0 Å². The highest BCUT2D eigenvalue weighted by molar-refractivity contribution is 7.92. The highest BCUT2D eigenvalue weighted by Gasteiger charge is 2.77. The van der Waals surface area contributed by atoms with Crippen molar-refractivity contribution in [3.05, 3.63) is 64.1 Å². The van der Waals surface area contributed by atoms with Gasteiger partial charge in [0.05, 0.1) is 11.0 Å². The molecule has 1 saturated carbocycles. The van der Waals surface area contributed by atoms with Crippen LogP contribution in [0.1, 0.15) is 11.5 Å². The third kappa shape index (κ3) is 2.69. The Labute approximate surface area is 154 Å². The molecule has 0 radical (unpaired) electrons. The number of aliphatic carboxylic acids is 1. The molecule has 5 nitrogen and oxygen atoms in total. The number of carboxylic acids is 1. The molecule has 25 heavy (non-hydrogen) atoms. The first-order valence-electron chi connectivity index (χ1n) is 7.14. The van der Waals surface area contributed by atoms with Crippen LogP contribution in [0, 0.1) is 16.7 Å². The topological polar surface area (TPSA) is 95.2 Å². The molecule has 0 aromatic heterocycles. The van der Waals surface area contributed by atoms with Crippen LogP contribution in [-0.2, 0) is 14.6 Å². The lowest BCUT2D eigenvalue weighted by Gasteiger charge is -2.05. The average Bonchev–Trinajstić information content (AvgIpc) is 3.27. The van der Waals surface area contributed by atoms with Crippen LogP contribution in [0.5, 0.6) is 0 Å². The van der Waals surface area contributed by atoms with Crippen molar-refractivity contribution >= 4 is 39.0 Å². The SMILES string of the molecule is N#C[C@]1(C(=O)O)[C@H](c2ccc(Cl)cc2)[C@H]1S(=O)(=O)c1ccc(Cl)cc1. The van der Waals surface area contributed by atoms with Crippen molar-refractivity contribution in [3.63, 3.8) is 0 Å². The molecule has 2 aromatic carbocycles. The van der Waals surface area contributed by atoms with Crippen molar-refractivity contribution in [1.82, 2.24) is 0 Å². The Morgan fingerprint density at radius 1 is 1.04 bits per heavy atom.